The third-order valence-corrected chi connectivity index (χ3v) is 3.15. The monoisotopic (exact) mass is 333 g/mol. The van der Waals surface area contributed by atoms with Crippen molar-refractivity contribution >= 4 is 23.8 Å². The van der Waals surface area contributed by atoms with Gasteiger partial charge in [0.25, 0.3) is 0 Å². The summed E-state index contributed by atoms with van der Waals surface area (Å²) in [6, 6.07) is -3.15. The Balaban J connectivity index is 4.39. The molecule has 0 fully saturated rings. The van der Waals surface area contributed by atoms with Crippen molar-refractivity contribution in [3.8, 4) is 0 Å². The molecule has 1 amide bonds. The molecule has 0 saturated heterocycles. The van der Waals surface area contributed by atoms with Gasteiger partial charge in [-0.3, -0.25) is 14.4 Å². The molecule has 10 heteroatoms. The van der Waals surface area contributed by atoms with Crippen LogP contribution in [0.4, 0.5) is 0 Å². The molecule has 0 radical (unpaired) electrons. The van der Waals surface area contributed by atoms with Gasteiger partial charge in [0, 0.05) is 6.42 Å². The second kappa shape index (κ2) is 10.5. The Morgan fingerprint density at radius 1 is 1.00 bits per heavy atom. The second-order valence-corrected chi connectivity index (χ2v) is 5.00. The first-order valence-electron chi connectivity index (χ1n) is 7.03. The molecule has 7 N–H and O–H groups in total. The number of carboxylic acid groups (broad SMARTS) is 2. The fraction of sp³-hybridized carbons (Fsp3) is 0.692. The topological polar surface area (TPSA) is 182 Å². The fourth-order valence-corrected chi connectivity index (χ4v) is 1.73. The van der Waals surface area contributed by atoms with Crippen LogP contribution in [-0.4, -0.2) is 59.3 Å². The van der Waals surface area contributed by atoms with Gasteiger partial charge in [-0.2, -0.15) is 0 Å². The van der Waals surface area contributed by atoms with Crippen molar-refractivity contribution in [3.05, 3.63) is 0 Å². The Kier molecular flexibility index (Phi) is 9.51. The zero-order valence-electron chi connectivity index (χ0n) is 12.9. The molecule has 0 aliphatic rings. The van der Waals surface area contributed by atoms with Crippen LogP contribution in [0.25, 0.3) is 0 Å². The summed E-state index contributed by atoms with van der Waals surface area (Å²) in [6.07, 6.45) is 0.365. The Morgan fingerprint density at radius 3 is 2.00 bits per heavy atom. The van der Waals surface area contributed by atoms with Crippen LogP contribution in [-0.2, 0) is 23.9 Å². The maximum absolute atomic E-state index is 11.7. The van der Waals surface area contributed by atoms with Crippen molar-refractivity contribution < 1.29 is 34.1 Å². The lowest BCUT2D eigenvalue weighted by Crippen LogP contribution is -2.42. The normalized spacial score (nSPS) is 14.4. The van der Waals surface area contributed by atoms with Crippen molar-refractivity contribution in [2.45, 2.75) is 50.2 Å². The summed E-state index contributed by atoms with van der Waals surface area (Å²) in [4.78, 5) is 44.5. The van der Waals surface area contributed by atoms with Gasteiger partial charge in [0.05, 0.1) is 7.11 Å². The van der Waals surface area contributed by atoms with Crippen molar-refractivity contribution in [1.82, 2.24) is 5.32 Å². The number of esters is 1. The van der Waals surface area contributed by atoms with Crippen LogP contribution >= 0.6 is 0 Å². The summed E-state index contributed by atoms with van der Waals surface area (Å²) in [6.45, 7) is 0. The summed E-state index contributed by atoms with van der Waals surface area (Å²) in [7, 11) is 1.16. The Hall–Kier alpha value is -2.20. The average Bonchev–Trinajstić information content (AvgIpc) is 2.50. The van der Waals surface area contributed by atoms with E-state index in [-0.39, 0.29) is 25.7 Å². The number of ether oxygens (including phenoxy) is 1. The number of nitrogens with one attached hydrogen (secondary N) is 1. The van der Waals surface area contributed by atoms with Crippen molar-refractivity contribution in [1.29, 1.82) is 0 Å². The molecule has 10 nitrogen and oxygen atoms in total. The molecule has 23 heavy (non-hydrogen) atoms. The highest BCUT2D eigenvalue weighted by molar-refractivity contribution is 5.84. The van der Waals surface area contributed by atoms with E-state index in [4.69, 9.17) is 21.7 Å². The number of hydrogen-bond donors (Lipinski definition) is 5. The van der Waals surface area contributed by atoms with E-state index < -0.39 is 41.9 Å². The first-order chi connectivity index (χ1) is 10.7. The lowest BCUT2D eigenvalue weighted by molar-refractivity contribution is -0.145. The van der Waals surface area contributed by atoms with Gasteiger partial charge in [-0.05, 0) is 25.7 Å². The molecule has 0 aliphatic carbocycles. The van der Waals surface area contributed by atoms with E-state index in [1.165, 1.54) is 0 Å². The van der Waals surface area contributed by atoms with Crippen LogP contribution in [0.5, 0.6) is 0 Å². The van der Waals surface area contributed by atoms with Crippen LogP contribution in [0.3, 0.4) is 0 Å². The van der Waals surface area contributed by atoms with Crippen LogP contribution < -0.4 is 16.8 Å². The average molecular weight is 333 g/mol. The maximum atomic E-state index is 11.7. The molecule has 0 aromatic heterocycles. The highest BCUT2D eigenvalue weighted by atomic mass is 16.5. The summed E-state index contributed by atoms with van der Waals surface area (Å²) >= 11 is 0. The number of rotatable bonds is 11. The van der Waals surface area contributed by atoms with Gasteiger partial charge in [-0.1, -0.05) is 0 Å². The molecule has 0 spiro atoms. The van der Waals surface area contributed by atoms with Crippen molar-refractivity contribution in [2.24, 2.45) is 11.5 Å². The molecule has 0 rings (SSSR count). The van der Waals surface area contributed by atoms with Crippen molar-refractivity contribution in [3.63, 3.8) is 0 Å². The number of nitrogens with two attached hydrogens (primary N) is 2. The number of aliphatic carboxylic acids is 2. The van der Waals surface area contributed by atoms with E-state index in [0.717, 1.165) is 7.11 Å². The smallest absolute Gasteiger partial charge is 0.328 e. The molecule has 0 bridgehead atoms. The van der Waals surface area contributed by atoms with Gasteiger partial charge in [0.15, 0.2) is 0 Å². The van der Waals surface area contributed by atoms with Gasteiger partial charge < -0.3 is 31.7 Å². The highest BCUT2D eigenvalue weighted by Crippen LogP contribution is 2.06. The summed E-state index contributed by atoms with van der Waals surface area (Å²) in [5.74, 6) is -3.58. The fourth-order valence-electron chi connectivity index (χ4n) is 1.73. The number of carboxylic acids is 2. The van der Waals surface area contributed by atoms with E-state index in [0.29, 0.717) is 6.42 Å². The second-order valence-electron chi connectivity index (χ2n) is 5.00. The van der Waals surface area contributed by atoms with Crippen LogP contribution in [0.15, 0.2) is 0 Å². The Labute approximate surface area is 133 Å². The molecule has 0 saturated carbocycles. The van der Waals surface area contributed by atoms with E-state index in [9.17, 15) is 19.2 Å². The minimum absolute atomic E-state index is 0.0705. The molecular weight excluding hydrogens is 310 g/mol. The SMILES string of the molecule is COC(=O)[C@H](CCC[C@@H](N)C(=O)O)NC(=O)CC[C@H](N)C(=O)O. The van der Waals surface area contributed by atoms with Gasteiger partial charge >= 0.3 is 17.9 Å². The van der Waals surface area contributed by atoms with E-state index in [1.54, 1.807) is 0 Å². The molecule has 0 unspecified atom stereocenters. The zero-order valence-corrected chi connectivity index (χ0v) is 12.9. The third kappa shape index (κ3) is 8.73. The number of hydrogen-bond acceptors (Lipinski definition) is 7. The van der Waals surface area contributed by atoms with Gasteiger partial charge in [-0.15, -0.1) is 0 Å². The third-order valence-electron chi connectivity index (χ3n) is 3.15. The number of methoxy groups -OCH3 is 1. The quantitative estimate of drug-likeness (QED) is 0.278. The van der Waals surface area contributed by atoms with Crippen LogP contribution in [0.2, 0.25) is 0 Å². The first kappa shape index (κ1) is 20.8. The molecule has 0 aliphatic heterocycles. The Morgan fingerprint density at radius 2 is 1.52 bits per heavy atom. The molecule has 0 aromatic rings. The predicted octanol–water partition coefficient (Wildman–Crippen LogP) is -1.58. The number of carbonyl (C=O) groups excluding carboxylic acids is 2. The largest absolute Gasteiger partial charge is 0.480 e. The number of amides is 1. The summed E-state index contributed by atoms with van der Waals surface area (Å²) < 4.78 is 4.56. The van der Waals surface area contributed by atoms with Gasteiger partial charge in [-0.25, -0.2) is 4.79 Å². The van der Waals surface area contributed by atoms with Gasteiger partial charge in [0.2, 0.25) is 5.91 Å². The molecule has 3 atom stereocenters. The van der Waals surface area contributed by atoms with E-state index >= 15 is 0 Å². The summed E-state index contributed by atoms with van der Waals surface area (Å²) in [5.41, 5.74) is 10.6. The van der Waals surface area contributed by atoms with Gasteiger partial charge in [0.1, 0.15) is 18.1 Å². The maximum Gasteiger partial charge on any atom is 0.328 e. The van der Waals surface area contributed by atoms with E-state index in [2.05, 4.69) is 10.1 Å². The lowest BCUT2D eigenvalue weighted by atomic mass is 10.1. The summed E-state index contributed by atoms with van der Waals surface area (Å²) in [5, 5.41) is 19.7. The zero-order chi connectivity index (χ0) is 18.0. The molecule has 132 valence electrons. The minimum Gasteiger partial charge on any atom is -0.480 e. The van der Waals surface area contributed by atoms with E-state index in [1.807, 2.05) is 0 Å². The Bertz CT molecular complexity index is 441. The lowest BCUT2D eigenvalue weighted by Gasteiger charge is -2.17. The highest BCUT2D eigenvalue weighted by Gasteiger charge is 2.23. The predicted molar refractivity (Wildman–Crippen MR) is 78.3 cm³/mol. The van der Waals surface area contributed by atoms with Crippen LogP contribution in [0.1, 0.15) is 32.1 Å². The first-order valence-corrected chi connectivity index (χ1v) is 7.03. The molecular formula is C13H23N3O7. The molecule has 0 heterocycles. The standard InChI is InChI=1S/C13H23N3O7/c1-23-13(22)9(4-2-3-7(14)11(18)19)16-10(17)6-5-8(15)12(20)21/h7-9H,2-6,14-15H2,1H3,(H,16,17)(H,18,19)(H,20,21)/t7-,8+,9+/m1/s1. The van der Waals surface area contributed by atoms with Crippen LogP contribution in [0, 0.1) is 0 Å². The molecule has 0 aromatic carbocycles. The minimum atomic E-state index is -1.22. The number of carbonyl (C=O) groups is 4. The van der Waals surface area contributed by atoms with Crippen molar-refractivity contribution in [2.75, 3.05) is 7.11 Å².